The van der Waals surface area contributed by atoms with Crippen molar-refractivity contribution in [1.29, 1.82) is 0 Å². The number of carbonyl (C=O) groups excluding carboxylic acids is 1. The van der Waals surface area contributed by atoms with Gasteiger partial charge >= 0.3 is 0 Å². The average molecular weight is 254 g/mol. The van der Waals surface area contributed by atoms with Gasteiger partial charge in [-0.05, 0) is 26.2 Å². The first kappa shape index (κ1) is 13.8. The van der Waals surface area contributed by atoms with Gasteiger partial charge in [-0.15, -0.1) is 0 Å². The van der Waals surface area contributed by atoms with Crippen LogP contribution in [0.15, 0.2) is 0 Å². The van der Waals surface area contributed by atoms with Crippen molar-refractivity contribution in [2.45, 2.75) is 57.4 Å². The lowest BCUT2D eigenvalue weighted by atomic mass is 9.78. The van der Waals surface area contributed by atoms with Crippen LogP contribution < -0.4 is 11.1 Å². The Balaban J connectivity index is 2.04. The molecule has 2 aliphatic rings. The topological polar surface area (TPSA) is 64.4 Å². The van der Waals surface area contributed by atoms with Gasteiger partial charge in [0.15, 0.2) is 0 Å². The molecule has 18 heavy (non-hydrogen) atoms. The number of nitrogens with two attached hydrogens (primary N) is 1. The van der Waals surface area contributed by atoms with E-state index in [1.165, 1.54) is 12.8 Å². The van der Waals surface area contributed by atoms with Crippen molar-refractivity contribution < 1.29 is 9.53 Å². The van der Waals surface area contributed by atoms with Gasteiger partial charge in [0, 0.05) is 13.2 Å². The fourth-order valence-electron chi connectivity index (χ4n) is 3.10. The first-order chi connectivity index (χ1) is 8.60. The molecule has 2 rings (SSSR count). The summed E-state index contributed by atoms with van der Waals surface area (Å²) in [5.74, 6) is 0.153. The molecule has 1 saturated carbocycles. The van der Waals surface area contributed by atoms with Crippen LogP contribution in [0.4, 0.5) is 0 Å². The summed E-state index contributed by atoms with van der Waals surface area (Å²) in [5, 5.41) is 3.20. The molecular weight excluding hydrogens is 228 g/mol. The predicted molar refractivity (Wildman–Crippen MR) is 71.2 cm³/mol. The number of hydrogen-bond donors (Lipinski definition) is 2. The third-order valence-electron chi connectivity index (χ3n) is 4.57. The Morgan fingerprint density at radius 1 is 1.22 bits per heavy atom. The standard InChI is InChI=1S/C14H26N2O2/c1-13(8-9-18-11-13)16-12(17)14(10-15)6-4-2-3-5-7-14/h2-11,15H2,1H3,(H,16,17). The molecule has 104 valence electrons. The minimum Gasteiger partial charge on any atom is -0.379 e. The second-order valence-corrected chi connectivity index (χ2v) is 6.22. The Hall–Kier alpha value is -0.610. The van der Waals surface area contributed by atoms with Crippen molar-refractivity contribution in [2.75, 3.05) is 19.8 Å². The Kier molecular flexibility index (Phi) is 4.28. The number of carbonyl (C=O) groups is 1. The van der Waals surface area contributed by atoms with Crippen LogP contribution in [0.1, 0.15) is 51.9 Å². The summed E-state index contributed by atoms with van der Waals surface area (Å²) in [6.07, 6.45) is 7.48. The van der Waals surface area contributed by atoms with Crippen LogP contribution in [0, 0.1) is 5.41 Å². The van der Waals surface area contributed by atoms with Gasteiger partial charge in [-0.1, -0.05) is 25.7 Å². The maximum Gasteiger partial charge on any atom is 0.227 e. The molecule has 0 spiro atoms. The molecule has 0 bridgehead atoms. The summed E-state index contributed by atoms with van der Waals surface area (Å²) in [5.41, 5.74) is 5.41. The van der Waals surface area contributed by atoms with Gasteiger partial charge in [0.25, 0.3) is 0 Å². The maximum absolute atomic E-state index is 12.6. The van der Waals surface area contributed by atoms with E-state index in [-0.39, 0.29) is 16.9 Å². The third-order valence-corrected chi connectivity index (χ3v) is 4.57. The summed E-state index contributed by atoms with van der Waals surface area (Å²) in [6, 6.07) is 0. The quantitative estimate of drug-likeness (QED) is 0.752. The lowest BCUT2D eigenvalue weighted by Crippen LogP contribution is -2.54. The van der Waals surface area contributed by atoms with E-state index in [2.05, 4.69) is 12.2 Å². The Morgan fingerprint density at radius 2 is 1.89 bits per heavy atom. The molecule has 1 atom stereocenters. The second-order valence-electron chi connectivity index (χ2n) is 6.22. The summed E-state index contributed by atoms with van der Waals surface area (Å²) >= 11 is 0. The van der Waals surface area contributed by atoms with Gasteiger partial charge in [-0.25, -0.2) is 0 Å². The zero-order valence-corrected chi connectivity index (χ0v) is 11.5. The Bertz CT molecular complexity index is 290. The van der Waals surface area contributed by atoms with Crippen molar-refractivity contribution in [3.8, 4) is 0 Å². The van der Waals surface area contributed by atoms with Gasteiger partial charge in [0.2, 0.25) is 5.91 Å². The predicted octanol–water partition coefficient (Wildman–Crippen LogP) is 1.58. The van der Waals surface area contributed by atoms with E-state index in [4.69, 9.17) is 10.5 Å². The van der Waals surface area contributed by atoms with Crippen LogP contribution in [-0.2, 0) is 9.53 Å². The molecule has 1 unspecified atom stereocenters. The van der Waals surface area contributed by atoms with Crippen LogP contribution in [0.25, 0.3) is 0 Å². The highest BCUT2D eigenvalue weighted by Gasteiger charge is 2.41. The minimum atomic E-state index is -0.331. The van der Waals surface area contributed by atoms with Crippen LogP contribution in [0.2, 0.25) is 0 Å². The number of rotatable bonds is 3. The molecule has 1 amide bonds. The zero-order valence-electron chi connectivity index (χ0n) is 11.5. The van der Waals surface area contributed by atoms with Gasteiger partial charge < -0.3 is 15.8 Å². The molecule has 1 saturated heterocycles. The molecule has 2 fully saturated rings. The maximum atomic E-state index is 12.6. The monoisotopic (exact) mass is 254 g/mol. The molecule has 4 nitrogen and oxygen atoms in total. The third kappa shape index (κ3) is 2.86. The van der Waals surface area contributed by atoms with Crippen LogP contribution >= 0.6 is 0 Å². The smallest absolute Gasteiger partial charge is 0.227 e. The van der Waals surface area contributed by atoms with E-state index in [9.17, 15) is 4.79 Å². The van der Waals surface area contributed by atoms with Crippen LogP contribution in [-0.4, -0.2) is 31.2 Å². The highest BCUT2D eigenvalue weighted by Crippen LogP contribution is 2.35. The molecule has 0 aromatic carbocycles. The van der Waals surface area contributed by atoms with E-state index in [1.807, 2.05) is 0 Å². The molecule has 1 aliphatic carbocycles. The van der Waals surface area contributed by atoms with Gasteiger partial charge in [-0.2, -0.15) is 0 Å². The number of ether oxygens (including phenoxy) is 1. The number of amides is 1. The fourth-order valence-corrected chi connectivity index (χ4v) is 3.10. The summed E-state index contributed by atoms with van der Waals surface area (Å²) in [6.45, 7) is 3.90. The van der Waals surface area contributed by atoms with E-state index in [1.54, 1.807) is 0 Å². The van der Waals surface area contributed by atoms with Crippen molar-refractivity contribution in [1.82, 2.24) is 5.32 Å². The van der Waals surface area contributed by atoms with Crippen molar-refractivity contribution in [2.24, 2.45) is 11.1 Å². The molecule has 4 heteroatoms. The van der Waals surface area contributed by atoms with E-state index >= 15 is 0 Å². The van der Waals surface area contributed by atoms with E-state index < -0.39 is 0 Å². The highest BCUT2D eigenvalue weighted by molar-refractivity contribution is 5.83. The first-order valence-electron chi connectivity index (χ1n) is 7.21. The molecule has 3 N–H and O–H groups in total. The highest BCUT2D eigenvalue weighted by atomic mass is 16.5. The minimum absolute atomic E-state index is 0.153. The largest absolute Gasteiger partial charge is 0.379 e. The Labute approximate surface area is 110 Å². The summed E-state index contributed by atoms with van der Waals surface area (Å²) in [7, 11) is 0. The molecule has 0 aromatic rings. The van der Waals surface area contributed by atoms with Gasteiger partial charge in [0.05, 0.1) is 17.6 Å². The molecule has 0 radical (unpaired) electrons. The van der Waals surface area contributed by atoms with E-state index in [0.29, 0.717) is 13.2 Å². The Morgan fingerprint density at radius 3 is 2.39 bits per heavy atom. The summed E-state index contributed by atoms with van der Waals surface area (Å²) < 4.78 is 5.39. The SMILES string of the molecule is CC1(NC(=O)C2(CN)CCCCCC2)CCOC1. The van der Waals surface area contributed by atoms with Gasteiger partial charge in [-0.3, -0.25) is 4.79 Å². The van der Waals surface area contributed by atoms with Crippen LogP contribution in [0.5, 0.6) is 0 Å². The van der Waals surface area contributed by atoms with Crippen molar-refractivity contribution in [3.63, 3.8) is 0 Å². The molecule has 0 aromatic heterocycles. The lowest BCUT2D eigenvalue weighted by Gasteiger charge is -2.34. The fraction of sp³-hybridized carbons (Fsp3) is 0.929. The molecule has 1 aliphatic heterocycles. The zero-order chi connectivity index (χ0) is 13.1. The van der Waals surface area contributed by atoms with Gasteiger partial charge in [0.1, 0.15) is 0 Å². The second kappa shape index (κ2) is 5.57. The summed E-state index contributed by atoms with van der Waals surface area (Å²) in [4.78, 5) is 12.6. The van der Waals surface area contributed by atoms with E-state index in [0.717, 1.165) is 38.7 Å². The van der Waals surface area contributed by atoms with Crippen molar-refractivity contribution in [3.05, 3.63) is 0 Å². The lowest BCUT2D eigenvalue weighted by molar-refractivity contribution is -0.133. The van der Waals surface area contributed by atoms with Crippen LogP contribution in [0.3, 0.4) is 0 Å². The molecule has 1 heterocycles. The molecular formula is C14H26N2O2. The van der Waals surface area contributed by atoms with Crippen molar-refractivity contribution >= 4 is 5.91 Å². The average Bonchev–Trinajstić information content (AvgIpc) is 2.66. The number of hydrogen-bond acceptors (Lipinski definition) is 3. The normalized spacial score (nSPS) is 31.9. The number of nitrogens with one attached hydrogen (secondary N) is 1. The first-order valence-corrected chi connectivity index (χ1v) is 7.21.